The molecule has 0 radical (unpaired) electrons. The maximum absolute atomic E-state index is 13.8. The van der Waals surface area contributed by atoms with Crippen molar-refractivity contribution >= 4 is 66.1 Å². The highest BCUT2D eigenvalue weighted by molar-refractivity contribution is 9.11. The average Bonchev–Trinajstić information content (AvgIpc) is 3.57. The van der Waals surface area contributed by atoms with Crippen molar-refractivity contribution in [3.63, 3.8) is 0 Å². The summed E-state index contributed by atoms with van der Waals surface area (Å²) in [5.74, 6) is 1.35. The molecule has 6 heteroatoms. The van der Waals surface area contributed by atoms with Crippen molar-refractivity contribution in [2.45, 2.75) is 128 Å². The third-order valence-electron chi connectivity index (χ3n) is 9.36. The molecular formula is C32H42Br2O2S2. The van der Waals surface area contributed by atoms with Crippen molar-refractivity contribution in [1.82, 2.24) is 0 Å². The summed E-state index contributed by atoms with van der Waals surface area (Å²) in [5, 5.41) is 0. The van der Waals surface area contributed by atoms with E-state index in [0.717, 1.165) is 57.2 Å². The minimum Gasteiger partial charge on any atom is -0.294 e. The van der Waals surface area contributed by atoms with E-state index < -0.39 is 0 Å². The van der Waals surface area contributed by atoms with Crippen LogP contribution in [-0.2, 0) is 12.8 Å². The van der Waals surface area contributed by atoms with Crippen LogP contribution in [0.25, 0.3) is 0 Å². The molecule has 0 amide bonds. The number of carbonyl (C=O) groups is 2. The minimum atomic E-state index is 0.0653. The second-order valence-electron chi connectivity index (χ2n) is 11.8. The number of hydrogen-bond acceptors (Lipinski definition) is 4. The van der Waals surface area contributed by atoms with Gasteiger partial charge in [0.15, 0.2) is 11.6 Å². The van der Waals surface area contributed by atoms with Crippen LogP contribution in [0.2, 0.25) is 0 Å². The molecule has 2 heterocycles. The van der Waals surface area contributed by atoms with Gasteiger partial charge in [0.2, 0.25) is 0 Å². The summed E-state index contributed by atoms with van der Waals surface area (Å²) in [5.41, 5.74) is 4.60. The van der Waals surface area contributed by atoms with E-state index in [1.165, 1.54) is 85.1 Å². The van der Waals surface area contributed by atoms with E-state index in [0.29, 0.717) is 11.6 Å². The van der Waals surface area contributed by atoms with E-state index in [-0.39, 0.29) is 23.7 Å². The molecular weight excluding hydrogens is 640 g/mol. The molecule has 0 spiro atoms. The van der Waals surface area contributed by atoms with E-state index in [1.807, 2.05) is 0 Å². The van der Waals surface area contributed by atoms with Crippen LogP contribution in [0.3, 0.4) is 0 Å². The van der Waals surface area contributed by atoms with Gasteiger partial charge >= 0.3 is 0 Å². The van der Waals surface area contributed by atoms with Crippen molar-refractivity contribution < 1.29 is 9.59 Å². The number of unbranched alkanes of at least 4 members (excludes halogenated alkanes) is 10. The fraction of sp³-hybridized carbons (Fsp3) is 0.688. The summed E-state index contributed by atoms with van der Waals surface area (Å²) < 4.78 is 2.32. The van der Waals surface area contributed by atoms with Crippen molar-refractivity contribution in [2.24, 2.45) is 11.8 Å². The maximum Gasteiger partial charge on any atom is 0.168 e. The van der Waals surface area contributed by atoms with Gasteiger partial charge in [0.05, 0.1) is 7.57 Å². The van der Waals surface area contributed by atoms with E-state index in [9.17, 15) is 9.59 Å². The molecule has 0 saturated heterocycles. The molecule has 1 fully saturated rings. The highest BCUT2D eigenvalue weighted by atomic mass is 79.9. The zero-order valence-corrected chi connectivity index (χ0v) is 27.8. The number of halogens is 2. The van der Waals surface area contributed by atoms with Gasteiger partial charge in [0.1, 0.15) is 0 Å². The molecule has 3 aliphatic rings. The van der Waals surface area contributed by atoms with Crippen LogP contribution in [0.4, 0.5) is 0 Å². The van der Waals surface area contributed by atoms with Gasteiger partial charge in [0, 0.05) is 44.6 Å². The van der Waals surface area contributed by atoms with Gasteiger partial charge in [-0.1, -0.05) is 78.1 Å². The molecule has 5 rings (SSSR count). The van der Waals surface area contributed by atoms with Crippen molar-refractivity contribution in [1.29, 1.82) is 0 Å². The minimum absolute atomic E-state index is 0.0653. The van der Waals surface area contributed by atoms with Gasteiger partial charge in [-0.25, -0.2) is 0 Å². The zero-order chi connectivity index (χ0) is 26.8. The van der Waals surface area contributed by atoms with E-state index in [1.54, 1.807) is 22.7 Å². The number of fused-ring (bicyclic) bond motifs is 6. The second kappa shape index (κ2) is 13.1. The Bertz CT molecular complexity index is 1070. The first-order valence-corrected chi connectivity index (χ1v) is 18.4. The Hall–Kier alpha value is -0.300. The average molecular weight is 683 g/mol. The number of carbonyl (C=O) groups excluding carboxylic acids is 2. The normalized spacial score (nSPS) is 23.6. The molecule has 4 unspecified atom stereocenters. The summed E-state index contributed by atoms with van der Waals surface area (Å²) in [6, 6.07) is 0. The topological polar surface area (TPSA) is 34.1 Å². The Labute approximate surface area is 254 Å². The molecule has 2 aromatic heterocycles. The van der Waals surface area contributed by atoms with Crippen LogP contribution in [0.1, 0.15) is 157 Å². The lowest BCUT2D eigenvalue weighted by Crippen LogP contribution is -2.30. The summed E-state index contributed by atoms with van der Waals surface area (Å²) in [4.78, 5) is 30.2. The first-order valence-electron chi connectivity index (χ1n) is 15.2. The van der Waals surface area contributed by atoms with Crippen molar-refractivity contribution in [3.05, 3.63) is 39.6 Å². The molecule has 0 aliphatic heterocycles. The number of Topliss-reactive ketones (excluding diaryl/α,β-unsaturated/α-hetero) is 2. The predicted molar refractivity (Wildman–Crippen MR) is 169 cm³/mol. The van der Waals surface area contributed by atoms with Gasteiger partial charge in [-0.05, 0) is 81.5 Å². The Balaban J connectivity index is 1.27. The first-order chi connectivity index (χ1) is 18.5. The molecule has 2 aromatic rings. The van der Waals surface area contributed by atoms with Crippen LogP contribution in [0.5, 0.6) is 0 Å². The molecule has 208 valence electrons. The standard InChI is InChI=1S/C32H42Br2O2S2/c1-3-5-7-9-11-13-15-19-25-27(35)21-17-24-22(18-23(21)29(25)37-31(19)33)28(36)26-20(32(34)38-30(24)26)16-14-12-10-8-6-4-2/h21-24H,3-18H2,1-2H3. The van der Waals surface area contributed by atoms with Crippen LogP contribution in [0, 0.1) is 11.8 Å². The number of ketones is 2. The molecule has 38 heavy (non-hydrogen) atoms. The fourth-order valence-electron chi connectivity index (χ4n) is 7.32. The molecule has 4 atom stereocenters. The van der Waals surface area contributed by atoms with E-state index >= 15 is 0 Å². The van der Waals surface area contributed by atoms with Crippen LogP contribution in [-0.4, -0.2) is 11.6 Å². The van der Waals surface area contributed by atoms with Gasteiger partial charge < -0.3 is 0 Å². The molecule has 0 bridgehead atoms. The Morgan fingerprint density at radius 3 is 1.34 bits per heavy atom. The van der Waals surface area contributed by atoms with Crippen molar-refractivity contribution in [2.75, 3.05) is 0 Å². The zero-order valence-electron chi connectivity index (χ0n) is 23.0. The second-order valence-corrected chi connectivity index (χ2v) is 16.6. The Kier molecular flexibility index (Phi) is 10.1. The third-order valence-corrected chi connectivity index (χ3v) is 13.6. The summed E-state index contributed by atoms with van der Waals surface area (Å²) in [6.07, 6.45) is 18.9. The first kappa shape index (κ1) is 29.2. The van der Waals surface area contributed by atoms with Crippen LogP contribution in [0.15, 0.2) is 7.57 Å². The fourth-order valence-corrected chi connectivity index (χ4v) is 11.7. The molecule has 3 aliphatic carbocycles. The SMILES string of the molecule is CCCCCCCCc1c(Br)sc2c1C(=O)C1CC3c4sc(Br)c(CCCCCCCC)c4C(=O)C3CC21. The third kappa shape index (κ3) is 5.59. The predicted octanol–water partition coefficient (Wildman–Crippen LogP) is 11.4. The van der Waals surface area contributed by atoms with E-state index in [4.69, 9.17) is 0 Å². The summed E-state index contributed by atoms with van der Waals surface area (Å²) >= 11 is 11.2. The van der Waals surface area contributed by atoms with Gasteiger partial charge in [-0.3, -0.25) is 9.59 Å². The van der Waals surface area contributed by atoms with E-state index in [2.05, 4.69) is 45.7 Å². The lowest BCUT2D eigenvalue weighted by molar-refractivity contribution is 0.0789. The highest BCUT2D eigenvalue weighted by Crippen LogP contribution is 2.61. The van der Waals surface area contributed by atoms with Crippen LogP contribution >= 0.6 is 54.5 Å². The molecule has 2 nitrogen and oxygen atoms in total. The summed E-state index contributed by atoms with van der Waals surface area (Å²) in [7, 11) is 0. The molecule has 0 aromatic carbocycles. The van der Waals surface area contributed by atoms with Crippen molar-refractivity contribution in [3.8, 4) is 0 Å². The van der Waals surface area contributed by atoms with Gasteiger partial charge in [-0.15, -0.1) is 22.7 Å². The van der Waals surface area contributed by atoms with Gasteiger partial charge in [0.25, 0.3) is 0 Å². The molecule has 0 N–H and O–H groups in total. The summed E-state index contributed by atoms with van der Waals surface area (Å²) in [6.45, 7) is 4.51. The largest absolute Gasteiger partial charge is 0.294 e. The molecule has 1 saturated carbocycles. The Morgan fingerprint density at radius 1 is 0.579 bits per heavy atom. The Morgan fingerprint density at radius 2 is 0.947 bits per heavy atom. The number of thiophene rings is 2. The highest BCUT2D eigenvalue weighted by Gasteiger charge is 2.55. The van der Waals surface area contributed by atoms with Crippen LogP contribution < -0.4 is 0 Å². The quantitative estimate of drug-likeness (QED) is 0.186. The monoisotopic (exact) mass is 680 g/mol. The lowest BCUT2D eigenvalue weighted by atomic mass is 9.70. The number of rotatable bonds is 14. The smallest absolute Gasteiger partial charge is 0.168 e. The lowest BCUT2D eigenvalue weighted by Gasteiger charge is -2.33. The van der Waals surface area contributed by atoms with Gasteiger partial charge in [-0.2, -0.15) is 0 Å². The number of hydrogen-bond donors (Lipinski definition) is 0. The maximum atomic E-state index is 13.8.